The van der Waals surface area contributed by atoms with Crippen LogP contribution in [0, 0.1) is 41.1 Å². The first-order valence-corrected chi connectivity index (χ1v) is 11.9. The normalized spacial score (nSPS) is 32.7. The molecule has 5 rings (SSSR count). The van der Waals surface area contributed by atoms with E-state index in [0.29, 0.717) is 35.8 Å². The van der Waals surface area contributed by atoms with E-state index in [2.05, 4.69) is 28.9 Å². The molecule has 0 spiro atoms. The lowest BCUT2D eigenvalue weighted by molar-refractivity contribution is -0.0145. The van der Waals surface area contributed by atoms with Crippen LogP contribution >= 0.6 is 0 Å². The highest BCUT2D eigenvalue weighted by Crippen LogP contribution is 2.48. The van der Waals surface area contributed by atoms with Crippen molar-refractivity contribution in [2.45, 2.75) is 57.7 Å². The van der Waals surface area contributed by atoms with Gasteiger partial charge < -0.3 is 15.4 Å². The lowest BCUT2D eigenvalue weighted by atomic mass is 9.75. The van der Waals surface area contributed by atoms with Gasteiger partial charge >= 0.3 is 0 Å². The molecule has 0 amide bonds. The number of anilines is 1. The highest BCUT2D eigenvalue weighted by Gasteiger charge is 2.50. The number of aromatic nitrogens is 2. The van der Waals surface area contributed by atoms with E-state index in [1.807, 2.05) is 0 Å². The zero-order valence-electron chi connectivity index (χ0n) is 19.1. The standard InChI is InChI=1S/C25H31F3N4O/c1-13-7-15(5-6-33-13)14(2)25-19-11-18(29)8-16(19)12-32(25)23-4-3-22(30-31-23)20-9-17(26)10-21(27)24(20)28/h3-4,9-10,13-16,18-19,25H,5-8,11-12,29H2,1-2H3/t13-,14-,15-,16?,18?,19?,25?/m0/s1. The van der Waals surface area contributed by atoms with Crippen LogP contribution in [-0.2, 0) is 4.74 Å². The van der Waals surface area contributed by atoms with Gasteiger partial charge in [0.15, 0.2) is 17.5 Å². The van der Waals surface area contributed by atoms with Gasteiger partial charge in [-0.25, -0.2) is 13.2 Å². The van der Waals surface area contributed by atoms with E-state index in [9.17, 15) is 13.2 Å². The lowest BCUT2D eigenvalue weighted by Crippen LogP contribution is -2.44. The van der Waals surface area contributed by atoms with Crippen molar-refractivity contribution in [3.05, 3.63) is 41.7 Å². The largest absolute Gasteiger partial charge is 0.378 e. The van der Waals surface area contributed by atoms with Gasteiger partial charge in [0.1, 0.15) is 5.82 Å². The third-order valence-corrected chi connectivity index (χ3v) is 8.04. The quantitative estimate of drug-likeness (QED) is 0.678. The first kappa shape index (κ1) is 22.6. The van der Waals surface area contributed by atoms with E-state index in [1.165, 1.54) is 0 Å². The minimum Gasteiger partial charge on any atom is -0.378 e. The molecule has 0 radical (unpaired) electrons. The fourth-order valence-electron chi connectivity index (χ4n) is 6.51. The van der Waals surface area contributed by atoms with Gasteiger partial charge in [-0.2, -0.15) is 0 Å². The number of fused-ring (bicyclic) bond motifs is 1. The minimum atomic E-state index is -1.24. The van der Waals surface area contributed by atoms with E-state index < -0.39 is 17.5 Å². The maximum atomic E-state index is 14.2. The Labute approximate surface area is 192 Å². The van der Waals surface area contributed by atoms with Crippen molar-refractivity contribution in [3.8, 4) is 11.3 Å². The van der Waals surface area contributed by atoms with Gasteiger partial charge in [0.05, 0.1) is 11.8 Å². The molecule has 178 valence electrons. The first-order valence-electron chi connectivity index (χ1n) is 11.9. The molecule has 1 aliphatic carbocycles. The molecule has 1 saturated carbocycles. The van der Waals surface area contributed by atoms with Crippen LogP contribution in [0.25, 0.3) is 11.3 Å². The summed E-state index contributed by atoms with van der Waals surface area (Å²) in [5.74, 6) is -0.469. The molecular weight excluding hydrogens is 429 g/mol. The molecular formula is C25H31F3N4O. The Morgan fingerprint density at radius 1 is 1.12 bits per heavy atom. The van der Waals surface area contributed by atoms with Gasteiger partial charge in [-0.1, -0.05) is 6.92 Å². The second-order valence-electron chi connectivity index (χ2n) is 10.1. The van der Waals surface area contributed by atoms with Crippen molar-refractivity contribution in [2.75, 3.05) is 18.1 Å². The minimum absolute atomic E-state index is 0.110. The fraction of sp³-hybridized carbons (Fsp3) is 0.600. The monoisotopic (exact) mass is 460 g/mol. The van der Waals surface area contributed by atoms with E-state index in [0.717, 1.165) is 50.7 Å². The van der Waals surface area contributed by atoms with Crippen LogP contribution in [0.2, 0.25) is 0 Å². The summed E-state index contributed by atoms with van der Waals surface area (Å²) < 4.78 is 47.3. The topological polar surface area (TPSA) is 64.3 Å². The van der Waals surface area contributed by atoms with Crippen molar-refractivity contribution in [2.24, 2.45) is 29.4 Å². The summed E-state index contributed by atoms with van der Waals surface area (Å²) in [5, 5.41) is 8.54. The second-order valence-corrected chi connectivity index (χ2v) is 10.1. The molecule has 7 atom stereocenters. The number of ether oxygens (including phenoxy) is 1. The van der Waals surface area contributed by atoms with Gasteiger partial charge in [0.2, 0.25) is 0 Å². The third kappa shape index (κ3) is 4.23. The van der Waals surface area contributed by atoms with Crippen molar-refractivity contribution in [3.63, 3.8) is 0 Å². The molecule has 2 N–H and O–H groups in total. The molecule has 2 saturated heterocycles. The summed E-state index contributed by atoms with van der Waals surface area (Å²) in [4.78, 5) is 2.34. The zero-order valence-corrected chi connectivity index (χ0v) is 19.1. The van der Waals surface area contributed by atoms with Crippen LogP contribution in [0.5, 0.6) is 0 Å². The Bertz CT molecular complexity index is 1000. The molecule has 33 heavy (non-hydrogen) atoms. The Balaban J connectivity index is 1.43. The lowest BCUT2D eigenvalue weighted by Gasteiger charge is -2.40. The van der Waals surface area contributed by atoms with E-state index >= 15 is 0 Å². The van der Waals surface area contributed by atoms with Gasteiger partial charge in [0.25, 0.3) is 0 Å². The maximum absolute atomic E-state index is 14.2. The molecule has 3 heterocycles. The number of hydrogen-bond donors (Lipinski definition) is 1. The Kier molecular flexibility index (Phi) is 6.07. The van der Waals surface area contributed by atoms with Gasteiger partial charge in [-0.15, -0.1) is 10.2 Å². The number of benzene rings is 1. The highest BCUT2D eigenvalue weighted by atomic mass is 19.2. The highest BCUT2D eigenvalue weighted by molar-refractivity contribution is 5.61. The average Bonchev–Trinajstić information content (AvgIpc) is 3.31. The molecule has 1 aromatic heterocycles. The summed E-state index contributed by atoms with van der Waals surface area (Å²) >= 11 is 0. The predicted molar refractivity (Wildman–Crippen MR) is 120 cm³/mol. The smallest absolute Gasteiger partial charge is 0.168 e. The molecule has 1 aromatic carbocycles. The van der Waals surface area contributed by atoms with Crippen LogP contribution in [0.4, 0.5) is 19.0 Å². The maximum Gasteiger partial charge on any atom is 0.168 e. The Morgan fingerprint density at radius 3 is 2.67 bits per heavy atom. The van der Waals surface area contributed by atoms with Gasteiger partial charge in [0, 0.05) is 36.9 Å². The summed E-state index contributed by atoms with van der Waals surface area (Å²) in [5.41, 5.74) is 6.22. The Morgan fingerprint density at radius 2 is 1.94 bits per heavy atom. The molecule has 8 heteroatoms. The van der Waals surface area contributed by atoms with E-state index in [-0.39, 0.29) is 23.4 Å². The van der Waals surface area contributed by atoms with Crippen LogP contribution in [0.15, 0.2) is 24.3 Å². The predicted octanol–water partition coefficient (Wildman–Crippen LogP) is 4.55. The Hall–Kier alpha value is -2.19. The first-order chi connectivity index (χ1) is 15.8. The summed E-state index contributed by atoms with van der Waals surface area (Å²) in [6.45, 7) is 6.13. The average molecular weight is 461 g/mol. The van der Waals surface area contributed by atoms with Crippen molar-refractivity contribution in [1.82, 2.24) is 10.2 Å². The third-order valence-electron chi connectivity index (χ3n) is 8.04. The summed E-state index contributed by atoms with van der Waals surface area (Å²) in [7, 11) is 0. The summed E-state index contributed by atoms with van der Waals surface area (Å²) in [6, 6.07) is 5.39. The molecule has 0 bridgehead atoms. The number of rotatable bonds is 4. The van der Waals surface area contributed by atoms with E-state index in [4.69, 9.17) is 10.5 Å². The second kappa shape index (κ2) is 8.87. The van der Waals surface area contributed by atoms with E-state index in [1.54, 1.807) is 12.1 Å². The number of nitrogens with zero attached hydrogens (tertiary/aromatic N) is 3. The van der Waals surface area contributed by atoms with Crippen molar-refractivity contribution in [1.29, 1.82) is 0 Å². The fourth-order valence-corrected chi connectivity index (χ4v) is 6.51. The SMILES string of the molecule is C[C@H](C1C2CC(N)CC2CN1c1ccc(-c2cc(F)cc(F)c2F)nn1)[C@H]1CCO[C@@H](C)C1. The van der Waals surface area contributed by atoms with Gasteiger partial charge in [-0.3, -0.25) is 0 Å². The molecule has 4 unspecified atom stereocenters. The van der Waals surface area contributed by atoms with Crippen LogP contribution in [0.3, 0.4) is 0 Å². The van der Waals surface area contributed by atoms with Crippen LogP contribution in [-0.4, -0.2) is 41.5 Å². The molecule has 5 nitrogen and oxygen atoms in total. The van der Waals surface area contributed by atoms with Crippen LogP contribution < -0.4 is 10.6 Å². The molecule has 2 aromatic rings. The summed E-state index contributed by atoms with van der Waals surface area (Å²) in [6.07, 6.45) is 4.38. The molecule has 3 fully saturated rings. The van der Waals surface area contributed by atoms with Crippen molar-refractivity contribution >= 4 is 5.82 Å². The molecule has 2 aliphatic heterocycles. The van der Waals surface area contributed by atoms with Crippen molar-refractivity contribution < 1.29 is 17.9 Å². The molecule has 3 aliphatic rings. The number of halogens is 3. The van der Waals surface area contributed by atoms with Gasteiger partial charge in [-0.05, 0) is 74.5 Å². The number of hydrogen-bond acceptors (Lipinski definition) is 5. The number of nitrogens with two attached hydrogens (primary N) is 1. The zero-order chi connectivity index (χ0) is 23.3. The van der Waals surface area contributed by atoms with Crippen LogP contribution in [0.1, 0.15) is 39.5 Å².